The number of carbonyl (C=O) groups excluding carboxylic acids is 1. The molecule has 0 atom stereocenters. The number of nitrogens with zero attached hydrogens (tertiary/aromatic N) is 5. The van der Waals surface area contributed by atoms with E-state index in [2.05, 4.69) is 20.3 Å². The van der Waals surface area contributed by atoms with Crippen LogP contribution < -0.4 is 5.32 Å². The Labute approximate surface area is 197 Å². The normalized spacial score (nSPS) is 13.8. The van der Waals surface area contributed by atoms with Crippen molar-refractivity contribution in [2.75, 3.05) is 31.5 Å². The third-order valence-corrected chi connectivity index (χ3v) is 6.34. The lowest BCUT2D eigenvalue weighted by molar-refractivity contribution is 0.0625. The summed E-state index contributed by atoms with van der Waals surface area (Å²) in [5.74, 6) is -0.321. The molecule has 34 heavy (non-hydrogen) atoms. The van der Waals surface area contributed by atoms with Crippen LogP contribution in [0.3, 0.4) is 0 Å². The average Bonchev–Trinajstić information content (AvgIpc) is 3.38. The molecule has 0 unspecified atom stereocenters. The molecule has 1 fully saturated rings. The van der Waals surface area contributed by atoms with Gasteiger partial charge in [0.15, 0.2) is 0 Å². The summed E-state index contributed by atoms with van der Waals surface area (Å²) in [6.45, 7) is 1.11. The van der Waals surface area contributed by atoms with E-state index >= 15 is 0 Å². The second-order valence-electron chi connectivity index (χ2n) is 7.68. The zero-order valence-electron chi connectivity index (χ0n) is 17.8. The first kappa shape index (κ1) is 21.7. The molecule has 9 nitrogen and oxygen atoms in total. The molecule has 2 aromatic carbocycles. The molecule has 1 aliphatic rings. The van der Waals surface area contributed by atoms with E-state index in [-0.39, 0.29) is 30.8 Å². The number of hydrogen-bond acceptors (Lipinski definition) is 7. The quantitative estimate of drug-likeness (QED) is 0.455. The van der Waals surface area contributed by atoms with Crippen molar-refractivity contribution >= 4 is 45.9 Å². The van der Waals surface area contributed by atoms with Gasteiger partial charge >= 0.3 is 6.09 Å². The van der Waals surface area contributed by atoms with Crippen molar-refractivity contribution in [1.82, 2.24) is 24.8 Å². The van der Waals surface area contributed by atoms with Crippen LogP contribution >= 0.6 is 11.3 Å². The van der Waals surface area contributed by atoms with E-state index in [1.54, 1.807) is 35.5 Å². The number of anilines is 2. The van der Waals surface area contributed by atoms with Gasteiger partial charge in [-0.1, -0.05) is 6.07 Å². The number of thiazole rings is 1. The largest absolute Gasteiger partial charge is 0.465 e. The summed E-state index contributed by atoms with van der Waals surface area (Å²) in [5.41, 5.74) is 2.15. The fraction of sp³-hybridized carbons (Fsp3) is 0.174. The summed E-state index contributed by atoms with van der Waals surface area (Å²) in [6.07, 6.45) is 2.32. The molecular formula is C23H19FN6O3S. The Bertz CT molecular complexity index is 1370. The van der Waals surface area contributed by atoms with Gasteiger partial charge < -0.3 is 20.2 Å². The van der Waals surface area contributed by atoms with Gasteiger partial charge in [0.2, 0.25) is 5.95 Å². The molecule has 5 rings (SSSR count). The van der Waals surface area contributed by atoms with Crippen molar-refractivity contribution in [3.63, 3.8) is 0 Å². The van der Waals surface area contributed by atoms with E-state index in [9.17, 15) is 19.1 Å². The highest BCUT2D eigenvalue weighted by atomic mass is 32.1. The molecular weight excluding hydrogens is 459 g/mol. The van der Waals surface area contributed by atoms with Gasteiger partial charge in [-0.3, -0.25) is 4.79 Å². The van der Waals surface area contributed by atoms with Crippen molar-refractivity contribution in [2.24, 2.45) is 0 Å². The molecule has 0 spiro atoms. The van der Waals surface area contributed by atoms with E-state index < -0.39 is 6.09 Å². The summed E-state index contributed by atoms with van der Waals surface area (Å²) in [5, 5.41) is 15.4. The summed E-state index contributed by atoms with van der Waals surface area (Å²) in [4.78, 5) is 40.9. The third kappa shape index (κ3) is 4.37. The van der Waals surface area contributed by atoms with Crippen molar-refractivity contribution < 1.29 is 19.1 Å². The zero-order valence-corrected chi connectivity index (χ0v) is 18.6. The maximum absolute atomic E-state index is 13.5. The molecule has 3 heterocycles. The maximum atomic E-state index is 13.5. The molecule has 0 saturated carbocycles. The number of nitrogens with one attached hydrogen (secondary N) is 1. The number of carboxylic acid groups (broad SMARTS) is 1. The summed E-state index contributed by atoms with van der Waals surface area (Å²) < 4.78 is 13.5. The first-order chi connectivity index (χ1) is 16.5. The number of halogens is 1. The number of piperazine rings is 1. The Kier molecular flexibility index (Phi) is 5.76. The molecule has 172 valence electrons. The molecule has 2 aromatic heterocycles. The molecule has 1 saturated heterocycles. The molecule has 0 bridgehead atoms. The van der Waals surface area contributed by atoms with Crippen molar-refractivity contribution in [3.05, 3.63) is 65.6 Å². The second kappa shape index (κ2) is 9.02. The van der Waals surface area contributed by atoms with Gasteiger partial charge in [-0.05, 0) is 30.3 Å². The highest BCUT2D eigenvalue weighted by Crippen LogP contribution is 2.31. The number of rotatable bonds is 4. The van der Waals surface area contributed by atoms with Gasteiger partial charge in [0.25, 0.3) is 5.91 Å². The topological polar surface area (TPSA) is 112 Å². The van der Waals surface area contributed by atoms with Crippen LogP contribution in [0, 0.1) is 5.82 Å². The van der Waals surface area contributed by atoms with E-state index in [0.717, 1.165) is 5.39 Å². The lowest BCUT2D eigenvalue weighted by Crippen LogP contribution is -2.50. The number of fused-ring (bicyclic) bond motifs is 1. The fourth-order valence-corrected chi connectivity index (χ4v) is 4.48. The van der Waals surface area contributed by atoms with Crippen LogP contribution in [0.5, 0.6) is 0 Å². The number of benzene rings is 2. The smallest absolute Gasteiger partial charge is 0.407 e. The minimum Gasteiger partial charge on any atom is -0.465 e. The molecule has 4 aromatic rings. The predicted octanol–water partition coefficient (Wildman–Crippen LogP) is 4.07. The van der Waals surface area contributed by atoms with Crippen LogP contribution in [0.15, 0.2) is 54.2 Å². The van der Waals surface area contributed by atoms with Crippen molar-refractivity contribution in [2.45, 2.75) is 0 Å². The summed E-state index contributed by atoms with van der Waals surface area (Å²) in [7, 11) is 0. The van der Waals surface area contributed by atoms with Gasteiger partial charge in [-0.25, -0.2) is 24.1 Å². The van der Waals surface area contributed by atoms with Crippen LogP contribution in [0.1, 0.15) is 10.4 Å². The number of aromatic nitrogens is 3. The molecule has 1 aliphatic heterocycles. The van der Waals surface area contributed by atoms with Crippen LogP contribution in [0.4, 0.5) is 20.8 Å². The SMILES string of the molecule is O=C(O)N1CCN(C(=O)c2cc3nc(Nc4cccc(F)c4)ncc3cc2-c2nccs2)CC1. The van der Waals surface area contributed by atoms with Gasteiger partial charge in [-0.15, -0.1) is 11.3 Å². The molecule has 0 radical (unpaired) electrons. The van der Waals surface area contributed by atoms with Crippen molar-refractivity contribution in [3.8, 4) is 10.6 Å². The average molecular weight is 479 g/mol. The molecule has 11 heteroatoms. The monoisotopic (exact) mass is 478 g/mol. The predicted molar refractivity (Wildman–Crippen MR) is 126 cm³/mol. The van der Waals surface area contributed by atoms with E-state index in [1.165, 1.54) is 28.4 Å². The Hall–Kier alpha value is -4.12. The first-order valence-electron chi connectivity index (χ1n) is 10.5. The highest BCUT2D eigenvalue weighted by molar-refractivity contribution is 7.13. The number of hydrogen-bond donors (Lipinski definition) is 2. The Morgan fingerprint density at radius 1 is 1.06 bits per heavy atom. The summed E-state index contributed by atoms with van der Waals surface area (Å²) >= 11 is 1.42. The number of amides is 2. The summed E-state index contributed by atoms with van der Waals surface area (Å²) in [6, 6.07) is 9.51. The van der Waals surface area contributed by atoms with Crippen LogP contribution in [-0.2, 0) is 0 Å². The van der Waals surface area contributed by atoms with Gasteiger partial charge in [0.1, 0.15) is 10.8 Å². The zero-order chi connectivity index (χ0) is 23.7. The highest BCUT2D eigenvalue weighted by Gasteiger charge is 2.27. The number of carbonyl (C=O) groups is 2. The van der Waals surface area contributed by atoms with Crippen LogP contribution in [0.25, 0.3) is 21.5 Å². The third-order valence-electron chi connectivity index (χ3n) is 5.53. The lowest BCUT2D eigenvalue weighted by atomic mass is 10.0. The Morgan fingerprint density at radius 3 is 2.56 bits per heavy atom. The maximum Gasteiger partial charge on any atom is 0.407 e. The lowest BCUT2D eigenvalue weighted by Gasteiger charge is -2.33. The van der Waals surface area contributed by atoms with Gasteiger partial charge in [-0.2, -0.15) is 0 Å². The van der Waals surface area contributed by atoms with Crippen LogP contribution in [0.2, 0.25) is 0 Å². The van der Waals surface area contributed by atoms with E-state index in [1.807, 2.05) is 11.4 Å². The Balaban J connectivity index is 1.51. The minimum absolute atomic E-state index is 0.213. The van der Waals surface area contributed by atoms with Gasteiger partial charge in [0, 0.05) is 60.6 Å². The minimum atomic E-state index is -0.990. The van der Waals surface area contributed by atoms with E-state index in [4.69, 9.17) is 0 Å². The van der Waals surface area contributed by atoms with E-state index in [0.29, 0.717) is 40.4 Å². The molecule has 0 aliphatic carbocycles. The Morgan fingerprint density at radius 2 is 1.85 bits per heavy atom. The molecule has 2 amide bonds. The van der Waals surface area contributed by atoms with Crippen LogP contribution in [-0.4, -0.2) is 68.0 Å². The first-order valence-corrected chi connectivity index (χ1v) is 11.4. The van der Waals surface area contributed by atoms with Gasteiger partial charge in [0.05, 0.1) is 11.1 Å². The van der Waals surface area contributed by atoms with Crippen molar-refractivity contribution in [1.29, 1.82) is 0 Å². The molecule has 2 N–H and O–H groups in total. The fourth-order valence-electron chi connectivity index (χ4n) is 3.82. The second-order valence-corrected chi connectivity index (χ2v) is 8.58. The standard InChI is InChI=1S/C23H19FN6O3S/c24-15-2-1-3-16(11-15)27-22-26-13-14-10-17(20-25-4-9-34-20)18(12-19(14)28-22)21(31)29-5-7-30(8-6-29)23(32)33/h1-4,9-13H,5-8H2,(H,32,33)(H,26,27,28).